The van der Waals surface area contributed by atoms with Gasteiger partial charge in [0, 0.05) is 21.7 Å². The molecule has 20 heavy (non-hydrogen) atoms. The maximum atomic E-state index is 6.19. The smallest absolute Gasteiger partial charge is 0.0438 e. The molecule has 106 valence electrons. The summed E-state index contributed by atoms with van der Waals surface area (Å²) in [6, 6.07) is 16.6. The molecule has 0 aliphatic heterocycles. The van der Waals surface area contributed by atoms with Crippen molar-refractivity contribution in [2.45, 2.75) is 24.3 Å². The number of nitrogens with one attached hydrogen (secondary N) is 1. The van der Waals surface area contributed by atoms with Crippen LogP contribution in [0.4, 0.5) is 0 Å². The molecule has 0 spiro atoms. The zero-order valence-electron chi connectivity index (χ0n) is 11.5. The number of hydrogen-bond acceptors (Lipinski definition) is 3. The summed E-state index contributed by atoms with van der Waals surface area (Å²) in [5.41, 5.74) is 5.29. The van der Waals surface area contributed by atoms with Crippen LogP contribution in [0.1, 0.15) is 11.1 Å². The van der Waals surface area contributed by atoms with Gasteiger partial charge in [-0.05, 0) is 37.1 Å². The lowest BCUT2D eigenvalue weighted by Gasteiger charge is -2.16. The highest BCUT2D eigenvalue weighted by Crippen LogP contribution is 2.22. The summed E-state index contributed by atoms with van der Waals surface area (Å²) < 4.78 is 0. The first-order valence-corrected chi connectivity index (χ1v) is 7.94. The average Bonchev–Trinajstić information content (AvgIpc) is 2.45. The van der Waals surface area contributed by atoms with Gasteiger partial charge in [-0.3, -0.25) is 11.3 Å². The molecule has 2 aromatic rings. The van der Waals surface area contributed by atoms with Gasteiger partial charge in [-0.2, -0.15) is 0 Å². The van der Waals surface area contributed by atoms with E-state index in [1.807, 2.05) is 24.3 Å². The Morgan fingerprint density at radius 1 is 1.20 bits per heavy atom. The van der Waals surface area contributed by atoms with Crippen LogP contribution in [0.2, 0.25) is 5.02 Å². The molecule has 0 aliphatic carbocycles. The minimum atomic E-state index is 0.195. The maximum Gasteiger partial charge on any atom is 0.0438 e. The monoisotopic (exact) mass is 306 g/mol. The average molecular weight is 307 g/mol. The van der Waals surface area contributed by atoms with Gasteiger partial charge < -0.3 is 0 Å². The Morgan fingerprint density at radius 3 is 2.70 bits per heavy atom. The van der Waals surface area contributed by atoms with Gasteiger partial charge in [-0.15, -0.1) is 11.8 Å². The van der Waals surface area contributed by atoms with E-state index in [2.05, 4.69) is 36.6 Å². The maximum absolute atomic E-state index is 6.19. The highest BCUT2D eigenvalue weighted by molar-refractivity contribution is 7.99. The van der Waals surface area contributed by atoms with Gasteiger partial charge in [0.25, 0.3) is 0 Å². The summed E-state index contributed by atoms with van der Waals surface area (Å²) in [4.78, 5) is 1.27. The molecule has 1 unspecified atom stereocenters. The van der Waals surface area contributed by atoms with Crippen LogP contribution in [-0.4, -0.2) is 11.8 Å². The second-order valence-corrected chi connectivity index (χ2v) is 6.29. The van der Waals surface area contributed by atoms with E-state index >= 15 is 0 Å². The summed E-state index contributed by atoms with van der Waals surface area (Å²) in [6.07, 6.45) is 0.828. The van der Waals surface area contributed by atoms with Crippen molar-refractivity contribution in [1.29, 1.82) is 0 Å². The third kappa shape index (κ3) is 4.53. The number of halogens is 1. The van der Waals surface area contributed by atoms with Crippen LogP contribution in [0.5, 0.6) is 0 Å². The molecule has 2 aromatic carbocycles. The van der Waals surface area contributed by atoms with Gasteiger partial charge in [0.15, 0.2) is 0 Å². The Bertz CT molecular complexity index is 560. The Balaban J connectivity index is 1.94. The first-order chi connectivity index (χ1) is 9.69. The largest absolute Gasteiger partial charge is 0.271 e. The molecule has 0 aliphatic rings. The fourth-order valence-electron chi connectivity index (χ4n) is 2.00. The van der Waals surface area contributed by atoms with Crippen molar-refractivity contribution in [3.63, 3.8) is 0 Å². The summed E-state index contributed by atoms with van der Waals surface area (Å²) in [5.74, 6) is 6.57. The molecule has 0 saturated heterocycles. The quantitative estimate of drug-likeness (QED) is 0.484. The fraction of sp³-hybridized carbons (Fsp3) is 0.250. The molecule has 2 nitrogen and oxygen atoms in total. The molecule has 0 amide bonds. The minimum absolute atomic E-state index is 0.195. The van der Waals surface area contributed by atoms with E-state index in [1.54, 1.807) is 11.8 Å². The molecule has 1 atom stereocenters. The van der Waals surface area contributed by atoms with Crippen molar-refractivity contribution in [2.24, 2.45) is 5.84 Å². The van der Waals surface area contributed by atoms with Crippen LogP contribution in [0.25, 0.3) is 0 Å². The fourth-order valence-corrected chi connectivity index (χ4v) is 3.26. The summed E-state index contributed by atoms with van der Waals surface area (Å²) in [5, 5.41) is 0.799. The molecule has 4 heteroatoms. The molecular formula is C16H19ClN2S. The number of nitrogens with two attached hydrogens (primary N) is 1. The van der Waals surface area contributed by atoms with Gasteiger partial charge in [0.2, 0.25) is 0 Å². The normalized spacial score (nSPS) is 12.3. The van der Waals surface area contributed by atoms with Crippen LogP contribution in [0.3, 0.4) is 0 Å². The summed E-state index contributed by atoms with van der Waals surface area (Å²) in [6.45, 7) is 2.10. The number of aryl methyl sites for hydroxylation is 1. The summed E-state index contributed by atoms with van der Waals surface area (Å²) in [7, 11) is 0. The molecular weight excluding hydrogens is 288 g/mol. The van der Waals surface area contributed by atoms with Crippen molar-refractivity contribution in [3.8, 4) is 0 Å². The van der Waals surface area contributed by atoms with Crippen molar-refractivity contribution < 1.29 is 0 Å². The number of benzene rings is 2. The zero-order chi connectivity index (χ0) is 14.4. The van der Waals surface area contributed by atoms with Crippen molar-refractivity contribution in [3.05, 3.63) is 64.7 Å². The summed E-state index contributed by atoms with van der Waals surface area (Å²) >= 11 is 7.99. The van der Waals surface area contributed by atoms with Crippen molar-refractivity contribution in [2.75, 3.05) is 5.75 Å². The van der Waals surface area contributed by atoms with Gasteiger partial charge in [-0.1, -0.05) is 47.5 Å². The molecule has 3 N–H and O–H groups in total. The number of rotatable bonds is 6. The highest BCUT2D eigenvalue weighted by Gasteiger charge is 2.10. The third-order valence-corrected chi connectivity index (χ3v) is 4.63. The Labute approximate surface area is 129 Å². The number of hydrazine groups is 1. The van der Waals surface area contributed by atoms with E-state index in [0.29, 0.717) is 0 Å². The predicted molar refractivity (Wildman–Crippen MR) is 88.2 cm³/mol. The van der Waals surface area contributed by atoms with Crippen LogP contribution in [0.15, 0.2) is 53.4 Å². The molecule has 0 aromatic heterocycles. The van der Waals surface area contributed by atoms with Crippen LogP contribution < -0.4 is 11.3 Å². The van der Waals surface area contributed by atoms with Crippen LogP contribution in [-0.2, 0) is 6.42 Å². The lowest BCUT2D eigenvalue weighted by molar-refractivity contribution is 0.575. The van der Waals surface area contributed by atoms with Gasteiger partial charge >= 0.3 is 0 Å². The lowest BCUT2D eigenvalue weighted by Crippen LogP contribution is -2.38. The first kappa shape index (κ1) is 15.4. The van der Waals surface area contributed by atoms with E-state index in [-0.39, 0.29) is 6.04 Å². The van der Waals surface area contributed by atoms with Gasteiger partial charge in [-0.25, -0.2) is 0 Å². The van der Waals surface area contributed by atoms with Crippen molar-refractivity contribution >= 4 is 23.4 Å². The van der Waals surface area contributed by atoms with E-state index in [1.165, 1.54) is 10.5 Å². The lowest BCUT2D eigenvalue weighted by atomic mass is 10.1. The minimum Gasteiger partial charge on any atom is -0.271 e. The second-order valence-electron chi connectivity index (χ2n) is 4.79. The molecule has 0 saturated carbocycles. The molecule has 0 bridgehead atoms. The Hall–Kier alpha value is -1.00. The standard InChI is InChI=1S/C16H19ClN2S/c1-12-5-4-7-15(9-12)20-11-14(19-18)10-13-6-2-3-8-16(13)17/h2-9,14,19H,10-11,18H2,1H3. The Morgan fingerprint density at radius 2 is 2.00 bits per heavy atom. The number of thioether (sulfide) groups is 1. The zero-order valence-corrected chi connectivity index (χ0v) is 13.0. The van der Waals surface area contributed by atoms with Gasteiger partial charge in [0.05, 0.1) is 0 Å². The van der Waals surface area contributed by atoms with Crippen molar-refractivity contribution in [1.82, 2.24) is 5.43 Å². The molecule has 0 radical (unpaired) electrons. The van der Waals surface area contributed by atoms with E-state index < -0.39 is 0 Å². The molecule has 2 rings (SSSR count). The SMILES string of the molecule is Cc1cccc(SCC(Cc2ccccc2Cl)NN)c1. The predicted octanol–water partition coefficient (Wildman–Crippen LogP) is 3.82. The first-order valence-electron chi connectivity index (χ1n) is 6.58. The van der Waals surface area contributed by atoms with E-state index in [4.69, 9.17) is 17.4 Å². The van der Waals surface area contributed by atoms with E-state index in [9.17, 15) is 0 Å². The highest BCUT2D eigenvalue weighted by atomic mass is 35.5. The van der Waals surface area contributed by atoms with E-state index in [0.717, 1.165) is 22.8 Å². The second kappa shape index (κ2) is 7.70. The van der Waals surface area contributed by atoms with Crippen LogP contribution in [0, 0.1) is 6.92 Å². The van der Waals surface area contributed by atoms with Crippen LogP contribution >= 0.6 is 23.4 Å². The molecule has 0 heterocycles. The van der Waals surface area contributed by atoms with Gasteiger partial charge in [0.1, 0.15) is 0 Å². The Kier molecular flexibility index (Phi) is 5.92. The third-order valence-electron chi connectivity index (χ3n) is 3.10. The topological polar surface area (TPSA) is 38.0 Å². The number of hydrogen-bond donors (Lipinski definition) is 2. The molecule has 0 fully saturated rings.